The van der Waals surface area contributed by atoms with Crippen molar-refractivity contribution in [3.8, 4) is 5.75 Å². The van der Waals surface area contributed by atoms with Gasteiger partial charge in [0.25, 0.3) is 0 Å². The van der Waals surface area contributed by atoms with Crippen molar-refractivity contribution in [2.24, 2.45) is 5.92 Å². The molecule has 15 heavy (non-hydrogen) atoms. The minimum atomic E-state index is 0.510. The largest absolute Gasteiger partial charge is 0.492 e. The molecule has 1 saturated carbocycles. The van der Waals surface area contributed by atoms with Crippen molar-refractivity contribution in [2.45, 2.75) is 19.3 Å². The van der Waals surface area contributed by atoms with Crippen molar-refractivity contribution >= 4 is 17.9 Å². The van der Waals surface area contributed by atoms with Gasteiger partial charge in [-0.1, -0.05) is 24.4 Å². The van der Waals surface area contributed by atoms with Gasteiger partial charge >= 0.3 is 0 Å². The second kappa shape index (κ2) is 4.67. The highest BCUT2D eigenvalue weighted by atomic mass is 35.5. The van der Waals surface area contributed by atoms with E-state index in [0.29, 0.717) is 22.9 Å². The topological polar surface area (TPSA) is 26.3 Å². The molecule has 0 atom stereocenters. The number of ether oxygens (including phenoxy) is 1. The third-order valence-corrected chi connectivity index (χ3v) is 2.87. The first-order valence-corrected chi connectivity index (χ1v) is 5.55. The smallest absolute Gasteiger partial charge is 0.150 e. The lowest BCUT2D eigenvalue weighted by Gasteiger charge is -2.07. The van der Waals surface area contributed by atoms with Crippen LogP contribution in [0.3, 0.4) is 0 Å². The fourth-order valence-electron chi connectivity index (χ4n) is 1.45. The van der Waals surface area contributed by atoms with Crippen LogP contribution in [0.2, 0.25) is 5.02 Å². The van der Waals surface area contributed by atoms with E-state index in [1.54, 1.807) is 18.2 Å². The third kappa shape index (κ3) is 2.96. The highest BCUT2D eigenvalue weighted by molar-refractivity contribution is 6.32. The fourth-order valence-corrected chi connectivity index (χ4v) is 1.69. The molecule has 3 heteroatoms. The lowest BCUT2D eigenvalue weighted by molar-refractivity contribution is 0.112. The van der Waals surface area contributed by atoms with Gasteiger partial charge in [0.1, 0.15) is 12.0 Å². The Balaban J connectivity index is 1.91. The first kappa shape index (κ1) is 10.5. The molecule has 0 saturated heterocycles. The van der Waals surface area contributed by atoms with Gasteiger partial charge in [0.05, 0.1) is 11.6 Å². The monoisotopic (exact) mass is 224 g/mol. The Morgan fingerprint density at radius 1 is 1.47 bits per heavy atom. The molecule has 1 aromatic rings. The molecular weight excluding hydrogens is 212 g/mol. The molecule has 0 aliphatic heterocycles. The molecule has 0 amide bonds. The average molecular weight is 225 g/mol. The summed E-state index contributed by atoms with van der Waals surface area (Å²) < 4.78 is 5.54. The summed E-state index contributed by atoms with van der Waals surface area (Å²) in [5, 5.41) is 0.510. The molecular formula is C12H13ClO2. The molecule has 0 spiro atoms. The van der Waals surface area contributed by atoms with Gasteiger partial charge in [-0.2, -0.15) is 0 Å². The van der Waals surface area contributed by atoms with Gasteiger partial charge in [-0.3, -0.25) is 4.79 Å². The lowest BCUT2D eigenvalue weighted by Crippen LogP contribution is -1.98. The number of rotatable bonds is 5. The lowest BCUT2D eigenvalue weighted by atomic mass is 10.2. The number of hydrogen-bond acceptors (Lipinski definition) is 2. The molecule has 80 valence electrons. The van der Waals surface area contributed by atoms with Crippen LogP contribution in [0.1, 0.15) is 29.6 Å². The maximum atomic E-state index is 10.5. The first-order chi connectivity index (χ1) is 7.29. The molecule has 0 unspecified atom stereocenters. The maximum Gasteiger partial charge on any atom is 0.150 e. The summed E-state index contributed by atoms with van der Waals surface area (Å²) in [4.78, 5) is 10.5. The molecule has 0 N–H and O–H groups in total. The maximum absolute atomic E-state index is 10.5. The van der Waals surface area contributed by atoms with Crippen LogP contribution in [0.25, 0.3) is 0 Å². The predicted octanol–water partition coefficient (Wildman–Crippen LogP) is 3.33. The molecule has 2 nitrogen and oxygen atoms in total. The molecule has 1 aromatic carbocycles. The molecule has 0 bridgehead atoms. The molecule has 1 aliphatic rings. The van der Waals surface area contributed by atoms with Crippen LogP contribution < -0.4 is 4.74 Å². The zero-order chi connectivity index (χ0) is 10.7. The first-order valence-electron chi connectivity index (χ1n) is 5.17. The van der Waals surface area contributed by atoms with Crippen molar-refractivity contribution in [2.75, 3.05) is 6.61 Å². The number of halogens is 1. The highest BCUT2D eigenvalue weighted by Crippen LogP contribution is 2.33. The number of carbonyl (C=O) groups is 1. The van der Waals surface area contributed by atoms with Gasteiger partial charge < -0.3 is 4.74 Å². The Kier molecular flexibility index (Phi) is 3.27. The van der Waals surface area contributed by atoms with E-state index in [-0.39, 0.29) is 0 Å². The molecule has 0 aromatic heterocycles. The van der Waals surface area contributed by atoms with Crippen molar-refractivity contribution in [3.63, 3.8) is 0 Å². The van der Waals surface area contributed by atoms with E-state index < -0.39 is 0 Å². The Bertz CT molecular complexity index is 359. The van der Waals surface area contributed by atoms with Crippen LogP contribution in [-0.2, 0) is 0 Å². The van der Waals surface area contributed by atoms with Crippen molar-refractivity contribution in [1.82, 2.24) is 0 Å². The minimum Gasteiger partial charge on any atom is -0.492 e. The quantitative estimate of drug-likeness (QED) is 0.718. The summed E-state index contributed by atoms with van der Waals surface area (Å²) >= 11 is 5.96. The van der Waals surface area contributed by atoms with Crippen molar-refractivity contribution in [1.29, 1.82) is 0 Å². The fraction of sp³-hybridized carbons (Fsp3) is 0.417. The summed E-state index contributed by atoms with van der Waals surface area (Å²) in [6, 6.07) is 5.09. The number of aldehydes is 1. The van der Waals surface area contributed by atoms with Crippen molar-refractivity contribution < 1.29 is 9.53 Å². The molecule has 1 fully saturated rings. The van der Waals surface area contributed by atoms with Crippen LogP contribution in [0, 0.1) is 5.92 Å². The Morgan fingerprint density at radius 2 is 2.27 bits per heavy atom. The number of hydrogen-bond donors (Lipinski definition) is 0. The van der Waals surface area contributed by atoms with E-state index in [2.05, 4.69) is 0 Å². The molecule has 2 rings (SSSR count). The minimum absolute atomic E-state index is 0.510. The Labute approximate surface area is 94.2 Å². The summed E-state index contributed by atoms with van der Waals surface area (Å²) in [5.41, 5.74) is 0.578. The summed E-state index contributed by atoms with van der Waals surface area (Å²) in [5.74, 6) is 1.53. The standard InChI is InChI=1S/C12H13ClO2/c13-11-7-10(8-14)3-4-12(11)15-6-5-9-1-2-9/h3-4,7-9H,1-2,5-6H2. The van der Waals surface area contributed by atoms with Crippen LogP contribution in [-0.4, -0.2) is 12.9 Å². The zero-order valence-electron chi connectivity index (χ0n) is 8.41. The summed E-state index contributed by atoms with van der Waals surface area (Å²) in [7, 11) is 0. The van der Waals surface area contributed by atoms with Crippen LogP contribution in [0.15, 0.2) is 18.2 Å². The van der Waals surface area contributed by atoms with Crippen LogP contribution in [0.4, 0.5) is 0 Å². The van der Waals surface area contributed by atoms with Gasteiger partial charge in [-0.05, 0) is 30.5 Å². The second-order valence-corrected chi connectivity index (χ2v) is 4.30. The van der Waals surface area contributed by atoms with E-state index in [4.69, 9.17) is 16.3 Å². The van der Waals surface area contributed by atoms with Crippen LogP contribution in [0.5, 0.6) is 5.75 Å². The van der Waals surface area contributed by atoms with E-state index in [9.17, 15) is 4.79 Å². The molecule has 0 heterocycles. The SMILES string of the molecule is O=Cc1ccc(OCCC2CC2)c(Cl)c1. The van der Waals surface area contributed by atoms with Gasteiger partial charge in [0.15, 0.2) is 0 Å². The summed E-state index contributed by atoms with van der Waals surface area (Å²) in [6.07, 6.45) is 4.55. The van der Waals surface area contributed by atoms with E-state index >= 15 is 0 Å². The molecule has 1 aliphatic carbocycles. The normalized spacial score (nSPS) is 15.0. The van der Waals surface area contributed by atoms with Gasteiger partial charge in [0.2, 0.25) is 0 Å². The number of benzene rings is 1. The Hall–Kier alpha value is -1.02. The highest BCUT2D eigenvalue weighted by Gasteiger charge is 2.20. The zero-order valence-corrected chi connectivity index (χ0v) is 9.17. The third-order valence-electron chi connectivity index (χ3n) is 2.57. The second-order valence-electron chi connectivity index (χ2n) is 3.89. The van der Waals surface area contributed by atoms with E-state index in [1.165, 1.54) is 12.8 Å². The number of carbonyl (C=O) groups excluding carboxylic acids is 1. The van der Waals surface area contributed by atoms with Crippen LogP contribution >= 0.6 is 11.6 Å². The Morgan fingerprint density at radius 3 is 2.87 bits per heavy atom. The summed E-state index contributed by atoms with van der Waals surface area (Å²) in [6.45, 7) is 0.713. The van der Waals surface area contributed by atoms with E-state index in [1.807, 2.05) is 0 Å². The van der Waals surface area contributed by atoms with E-state index in [0.717, 1.165) is 18.6 Å². The van der Waals surface area contributed by atoms with Gasteiger partial charge in [-0.25, -0.2) is 0 Å². The van der Waals surface area contributed by atoms with Crippen molar-refractivity contribution in [3.05, 3.63) is 28.8 Å². The molecule has 0 radical (unpaired) electrons. The van der Waals surface area contributed by atoms with Gasteiger partial charge in [0, 0.05) is 5.56 Å². The average Bonchev–Trinajstić information content (AvgIpc) is 3.04. The van der Waals surface area contributed by atoms with Gasteiger partial charge in [-0.15, -0.1) is 0 Å². The predicted molar refractivity (Wildman–Crippen MR) is 59.7 cm³/mol.